The lowest BCUT2D eigenvalue weighted by Gasteiger charge is -2.48. The molecule has 1 heterocycles. The molecule has 0 radical (unpaired) electrons. The van der Waals surface area contributed by atoms with Crippen LogP contribution in [0.5, 0.6) is 11.5 Å². The predicted octanol–water partition coefficient (Wildman–Crippen LogP) is 5.67. The minimum Gasteiger partial charge on any atom is -0.493 e. The van der Waals surface area contributed by atoms with Gasteiger partial charge in [0.1, 0.15) is 0 Å². The highest BCUT2D eigenvalue weighted by atomic mass is 35.5. The van der Waals surface area contributed by atoms with Crippen molar-refractivity contribution in [1.29, 1.82) is 0 Å². The number of hydrogen-bond acceptors (Lipinski definition) is 5. The molecule has 0 saturated heterocycles. The van der Waals surface area contributed by atoms with Crippen LogP contribution in [0.4, 0.5) is 0 Å². The van der Waals surface area contributed by atoms with Gasteiger partial charge in [-0.25, -0.2) is 0 Å². The first-order chi connectivity index (χ1) is 14.9. The van der Waals surface area contributed by atoms with Gasteiger partial charge in [-0.2, -0.15) is 0 Å². The Morgan fingerprint density at radius 2 is 1.38 bits per heavy atom. The highest BCUT2D eigenvalue weighted by Crippen LogP contribution is 2.54. The Kier molecular flexibility index (Phi) is 5.48. The van der Waals surface area contributed by atoms with Gasteiger partial charge in [0, 0.05) is 48.3 Å². The minimum atomic E-state index is -0.444. The molecule has 0 fully saturated rings. The van der Waals surface area contributed by atoms with Crippen LogP contribution in [-0.4, -0.2) is 37.7 Å². The van der Waals surface area contributed by atoms with Crippen molar-refractivity contribution in [2.45, 2.75) is 59.3 Å². The number of ketones is 2. The fourth-order valence-electron chi connectivity index (χ4n) is 5.60. The second-order valence-electron chi connectivity index (χ2n) is 10.8. The number of hydrogen-bond donors (Lipinski definition) is 0. The molecule has 6 heteroatoms. The number of benzene rings is 1. The van der Waals surface area contributed by atoms with Crippen molar-refractivity contribution >= 4 is 23.2 Å². The summed E-state index contributed by atoms with van der Waals surface area (Å²) in [4.78, 5) is 29.2. The molecule has 0 unspecified atom stereocenters. The molecule has 1 aliphatic heterocycles. The Morgan fingerprint density at radius 1 is 0.875 bits per heavy atom. The number of Topliss-reactive ketones (excluding diaryl/α,β-unsaturated/α-hetero) is 2. The Labute approximate surface area is 195 Å². The van der Waals surface area contributed by atoms with Crippen LogP contribution < -0.4 is 9.47 Å². The van der Waals surface area contributed by atoms with Gasteiger partial charge in [0.15, 0.2) is 23.1 Å². The van der Waals surface area contributed by atoms with Crippen molar-refractivity contribution in [3.8, 4) is 11.5 Å². The summed E-state index contributed by atoms with van der Waals surface area (Å²) in [6, 6.07) is 3.67. The van der Waals surface area contributed by atoms with Gasteiger partial charge in [0.25, 0.3) is 0 Å². The van der Waals surface area contributed by atoms with Gasteiger partial charge in [0.2, 0.25) is 0 Å². The zero-order valence-electron chi connectivity index (χ0n) is 20.0. The first-order valence-electron chi connectivity index (χ1n) is 11.1. The van der Waals surface area contributed by atoms with Crippen LogP contribution in [0, 0.1) is 10.8 Å². The van der Waals surface area contributed by atoms with Gasteiger partial charge in [0.05, 0.1) is 19.2 Å². The first-order valence-corrected chi connectivity index (χ1v) is 11.4. The third-order valence-electron chi connectivity index (χ3n) is 6.97. The number of allylic oxidation sites excluding steroid dienone is 4. The molecule has 2 aliphatic carbocycles. The van der Waals surface area contributed by atoms with Crippen LogP contribution in [0.2, 0.25) is 5.02 Å². The Hall–Kier alpha value is -2.27. The monoisotopic (exact) mass is 457 g/mol. The van der Waals surface area contributed by atoms with Gasteiger partial charge in [-0.05, 0) is 41.4 Å². The van der Waals surface area contributed by atoms with Crippen molar-refractivity contribution in [3.63, 3.8) is 0 Å². The summed E-state index contributed by atoms with van der Waals surface area (Å²) < 4.78 is 11.0. The molecular formula is C26H32ClNO4. The van der Waals surface area contributed by atoms with E-state index in [4.69, 9.17) is 21.1 Å². The third-order valence-corrected chi connectivity index (χ3v) is 7.25. The lowest BCUT2D eigenvalue weighted by molar-refractivity contribution is -0.119. The van der Waals surface area contributed by atoms with E-state index in [9.17, 15) is 9.59 Å². The standard InChI is InChI=1S/C26H32ClNO4/c1-25(2)10-16-22(18(29)12-25)21(14-8-15(27)24(32-7)20(9-14)31-6)23-17(28(16)5)11-26(3,4)13-19(23)30/h8-9,21H,10-13H2,1-7H3. The van der Waals surface area contributed by atoms with E-state index in [2.05, 4.69) is 32.6 Å². The highest BCUT2D eigenvalue weighted by molar-refractivity contribution is 6.32. The maximum Gasteiger partial charge on any atom is 0.179 e. The van der Waals surface area contributed by atoms with Crippen LogP contribution in [-0.2, 0) is 9.59 Å². The number of rotatable bonds is 3. The lowest BCUT2D eigenvalue weighted by Crippen LogP contribution is -2.43. The normalized spacial score (nSPS) is 22.7. The number of methoxy groups -OCH3 is 2. The average Bonchev–Trinajstić information content (AvgIpc) is 2.67. The molecule has 0 spiro atoms. The van der Waals surface area contributed by atoms with E-state index in [0.29, 0.717) is 29.4 Å². The second kappa shape index (κ2) is 7.65. The molecule has 3 aliphatic rings. The highest BCUT2D eigenvalue weighted by Gasteiger charge is 2.48. The summed E-state index contributed by atoms with van der Waals surface area (Å²) in [6.07, 6.45) is 2.49. The van der Waals surface area contributed by atoms with Crippen LogP contribution in [0.1, 0.15) is 64.9 Å². The van der Waals surface area contributed by atoms with Crippen molar-refractivity contribution in [2.75, 3.05) is 21.3 Å². The number of carbonyl (C=O) groups is 2. The zero-order chi connectivity index (χ0) is 23.6. The summed E-state index contributed by atoms with van der Waals surface area (Å²) in [5, 5.41) is 0.400. The zero-order valence-corrected chi connectivity index (χ0v) is 20.8. The maximum atomic E-state index is 13.5. The molecule has 1 aromatic rings. The molecule has 4 rings (SSSR count). The molecule has 32 heavy (non-hydrogen) atoms. The number of nitrogens with zero attached hydrogens (tertiary/aromatic N) is 1. The van der Waals surface area contributed by atoms with Gasteiger partial charge in [-0.3, -0.25) is 9.59 Å². The predicted molar refractivity (Wildman–Crippen MR) is 125 cm³/mol. The number of ether oxygens (including phenoxy) is 2. The molecular weight excluding hydrogens is 426 g/mol. The maximum absolute atomic E-state index is 13.5. The molecule has 5 nitrogen and oxygen atoms in total. The quantitative estimate of drug-likeness (QED) is 0.585. The Morgan fingerprint density at radius 3 is 1.81 bits per heavy atom. The van der Waals surface area contributed by atoms with E-state index in [1.807, 2.05) is 19.2 Å². The lowest BCUT2D eigenvalue weighted by atomic mass is 9.63. The molecule has 0 atom stereocenters. The van der Waals surface area contributed by atoms with Gasteiger partial charge in [-0.1, -0.05) is 39.3 Å². The van der Waals surface area contributed by atoms with Crippen LogP contribution in [0.3, 0.4) is 0 Å². The molecule has 172 valence electrons. The van der Waals surface area contributed by atoms with Crippen molar-refractivity contribution in [2.24, 2.45) is 10.8 Å². The van der Waals surface area contributed by atoms with E-state index in [-0.39, 0.29) is 22.4 Å². The molecule has 0 saturated carbocycles. The van der Waals surface area contributed by atoms with Crippen molar-refractivity contribution in [1.82, 2.24) is 4.90 Å². The largest absolute Gasteiger partial charge is 0.493 e. The fraction of sp³-hybridized carbons (Fsp3) is 0.538. The summed E-state index contributed by atoms with van der Waals surface area (Å²) in [6.45, 7) is 8.52. The third kappa shape index (κ3) is 3.64. The Bertz CT molecular complexity index is 1030. The van der Waals surface area contributed by atoms with Crippen molar-refractivity contribution in [3.05, 3.63) is 45.3 Å². The topological polar surface area (TPSA) is 55.8 Å². The Balaban J connectivity index is 2.00. The van der Waals surface area contributed by atoms with E-state index in [0.717, 1.165) is 40.9 Å². The van der Waals surface area contributed by atoms with Crippen LogP contribution in [0.15, 0.2) is 34.7 Å². The molecule has 0 N–H and O–H groups in total. The van der Waals surface area contributed by atoms with Crippen LogP contribution >= 0.6 is 11.6 Å². The summed E-state index contributed by atoms with van der Waals surface area (Å²) in [5.41, 5.74) is 4.02. The van der Waals surface area contributed by atoms with E-state index < -0.39 is 5.92 Å². The second-order valence-corrected chi connectivity index (χ2v) is 11.2. The average molecular weight is 458 g/mol. The van der Waals surface area contributed by atoms with E-state index in [1.54, 1.807) is 14.2 Å². The van der Waals surface area contributed by atoms with Gasteiger partial charge < -0.3 is 14.4 Å². The van der Waals surface area contributed by atoms with Gasteiger partial charge in [-0.15, -0.1) is 0 Å². The number of halogens is 1. The van der Waals surface area contributed by atoms with Crippen LogP contribution in [0.25, 0.3) is 0 Å². The molecule has 0 amide bonds. The number of carbonyl (C=O) groups excluding carboxylic acids is 2. The molecule has 0 aromatic heterocycles. The van der Waals surface area contributed by atoms with E-state index >= 15 is 0 Å². The van der Waals surface area contributed by atoms with Gasteiger partial charge >= 0.3 is 0 Å². The fourth-order valence-corrected chi connectivity index (χ4v) is 5.90. The molecule has 0 bridgehead atoms. The molecule has 1 aromatic carbocycles. The minimum absolute atomic E-state index is 0.100. The first kappa shape index (κ1) is 22.9. The van der Waals surface area contributed by atoms with E-state index in [1.165, 1.54) is 0 Å². The summed E-state index contributed by atoms with van der Waals surface area (Å²) >= 11 is 6.56. The summed E-state index contributed by atoms with van der Waals surface area (Å²) in [5.74, 6) is 0.693. The summed E-state index contributed by atoms with van der Waals surface area (Å²) in [7, 11) is 5.11. The smallest absolute Gasteiger partial charge is 0.179 e. The SMILES string of the molecule is COc1cc(C2C3=C(CC(C)(C)CC3=O)N(C)C3=C2C(=O)CC(C)(C)C3)cc(Cl)c1OC. The van der Waals surface area contributed by atoms with Crippen molar-refractivity contribution < 1.29 is 19.1 Å².